The first-order valence-electron chi connectivity index (χ1n) is 7.90. The van der Waals surface area contributed by atoms with E-state index in [2.05, 4.69) is 20.0 Å². The Morgan fingerprint density at radius 2 is 1.72 bits per heavy atom. The van der Waals surface area contributed by atoms with Crippen molar-refractivity contribution in [3.05, 3.63) is 59.2 Å². The van der Waals surface area contributed by atoms with E-state index in [9.17, 15) is 13.2 Å². The summed E-state index contributed by atoms with van der Waals surface area (Å²) in [5, 5.41) is 2.76. The molecule has 134 valence electrons. The molecule has 0 fully saturated rings. The molecule has 0 radical (unpaired) electrons. The van der Waals surface area contributed by atoms with E-state index in [1.165, 1.54) is 12.4 Å². The van der Waals surface area contributed by atoms with Gasteiger partial charge in [0.2, 0.25) is 10.0 Å². The van der Waals surface area contributed by atoms with Gasteiger partial charge in [0.25, 0.3) is 5.91 Å². The zero-order valence-electron chi connectivity index (χ0n) is 14.5. The zero-order chi connectivity index (χ0) is 18.4. The predicted octanol–water partition coefficient (Wildman–Crippen LogP) is 1.54. The molecule has 1 amide bonds. The van der Waals surface area contributed by atoms with E-state index in [-0.39, 0.29) is 23.4 Å². The first-order chi connectivity index (χ1) is 11.7. The largest absolute Gasteiger partial charge is 0.347 e. The summed E-state index contributed by atoms with van der Waals surface area (Å²) in [6, 6.07) is 6.94. The van der Waals surface area contributed by atoms with Gasteiger partial charge < -0.3 is 5.32 Å². The number of aromatic nitrogens is 2. The van der Waals surface area contributed by atoms with Crippen molar-refractivity contribution >= 4 is 15.9 Å². The van der Waals surface area contributed by atoms with E-state index in [4.69, 9.17) is 0 Å². The Kier molecular flexibility index (Phi) is 6.22. The average molecular weight is 362 g/mol. The Balaban J connectivity index is 1.92. The lowest BCUT2D eigenvalue weighted by atomic mass is 10.1. The van der Waals surface area contributed by atoms with Crippen molar-refractivity contribution in [2.75, 3.05) is 0 Å². The number of amides is 1. The molecule has 0 unspecified atom stereocenters. The Labute approximate surface area is 148 Å². The molecule has 0 saturated carbocycles. The van der Waals surface area contributed by atoms with Crippen molar-refractivity contribution in [2.24, 2.45) is 0 Å². The number of nitrogens with one attached hydrogen (secondary N) is 2. The molecule has 2 N–H and O–H groups in total. The third kappa shape index (κ3) is 6.24. The number of benzene rings is 1. The van der Waals surface area contributed by atoms with Gasteiger partial charge in [-0.05, 0) is 31.9 Å². The molecule has 0 saturated heterocycles. The van der Waals surface area contributed by atoms with Crippen LogP contribution in [0.25, 0.3) is 0 Å². The van der Waals surface area contributed by atoms with Gasteiger partial charge in [0, 0.05) is 18.8 Å². The van der Waals surface area contributed by atoms with Crippen LogP contribution in [0, 0.1) is 6.92 Å². The van der Waals surface area contributed by atoms with Crippen LogP contribution in [-0.2, 0) is 22.3 Å². The van der Waals surface area contributed by atoms with Crippen LogP contribution < -0.4 is 10.0 Å². The van der Waals surface area contributed by atoms with E-state index in [1.807, 2.05) is 0 Å². The fourth-order valence-electron chi connectivity index (χ4n) is 2.16. The first-order valence-corrected chi connectivity index (χ1v) is 9.55. The quantitative estimate of drug-likeness (QED) is 0.778. The Morgan fingerprint density at radius 1 is 1.08 bits per heavy atom. The zero-order valence-corrected chi connectivity index (χ0v) is 15.3. The highest BCUT2D eigenvalue weighted by Gasteiger charge is 2.13. The van der Waals surface area contributed by atoms with E-state index in [0.29, 0.717) is 12.1 Å². The summed E-state index contributed by atoms with van der Waals surface area (Å²) < 4.78 is 26.4. The lowest BCUT2D eigenvalue weighted by Gasteiger charge is -2.10. The SMILES string of the molecule is Cc1cnc(C(=O)NCc2ccc(CS(=O)(=O)NC(C)C)cc2)cn1. The molecule has 0 aliphatic heterocycles. The van der Waals surface area contributed by atoms with Gasteiger partial charge >= 0.3 is 0 Å². The van der Waals surface area contributed by atoms with Gasteiger partial charge in [0.05, 0.1) is 17.6 Å². The van der Waals surface area contributed by atoms with Gasteiger partial charge in [-0.3, -0.25) is 9.78 Å². The number of rotatable bonds is 7. The third-order valence-corrected chi connectivity index (χ3v) is 4.81. The molecule has 0 aliphatic rings. The van der Waals surface area contributed by atoms with Crippen LogP contribution in [-0.4, -0.2) is 30.3 Å². The minimum absolute atomic E-state index is 0.0726. The van der Waals surface area contributed by atoms with Crippen molar-refractivity contribution in [3.8, 4) is 0 Å². The highest BCUT2D eigenvalue weighted by atomic mass is 32.2. The van der Waals surface area contributed by atoms with Gasteiger partial charge in [-0.2, -0.15) is 0 Å². The van der Waals surface area contributed by atoms with E-state index < -0.39 is 10.0 Å². The highest BCUT2D eigenvalue weighted by molar-refractivity contribution is 7.88. The summed E-state index contributed by atoms with van der Waals surface area (Å²) >= 11 is 0. The van der Waals surface area contributed by atoms with Crippen LogP contribution in [0.4, 0.5) is 0 Å². The fraction of sp³-hybridized carbons (Fsp3) is 0.353. The molecule has 1 heterocycles. The summed E-state index contributed by atoms with van der Waals surface area (Å²) in [7, 11) is -3.35. The molecule has 0 spiro atoms. The summed E-state index contributed by atoms with van der Waals surface area (Å²) in [5.74, 6) is -0.378. The second-order valence-electron chi connectivity index (χ2n) is 6.07. The molecule has 25 heavy (non-hydrogen) atoms. The monoisotopic (exact) mass is 362 g/mol. The normalized spacial score (nSPS) is 11.5. The number of hydrogen-bond donors (Lipinski definition) is 2. The standard InChI is InChI=1S/C17H22N4O3S/c1-12(2)21-25(23,24)11-15-6-4-14(5-7-15)9-20-17(22)16-10-18-13(3)8-19-16/h4-8,10,12,21H,9,11H2,1-3H3,(H,20,22). The van der Waals surface area contributed by atoms with Crippen molar-refractivity contribution in [2.45, 2.75) is 39.1 Å². The summed E-state index contributed by atoms with van der Waals surface area (Å²) in [6.07, 6.45) is 2.97. The second-order valence-corrected chi connectivity index (χ2v) is 7.83. The Morgan fingerprint density at radius 3 is 2.28 bits per heavy atom. The van der Waals surface area contributed by atoms with E-state index in [1.54, 1.807) is 45.0 Å². The third-order valence-electron chi connectivity index (χ3n) is 3.26. The topological polar surface area (TPSA) is 101 Å². The highest BCUT2D eigenvalue weighted by Crippen LogP contribution is 2.08. The molecule has 1 aromatic heterocycles. The molecule has 1 aromatic carbocycles. The minimum Gasteiger partial charge on any atom is -0.347 e. The van der Waals surface area contributed by atoms with Gasteiger partial charge in [-0.15, -0.1) is 0 Å². The number of aryl methyl sites for hydroxylation is 1. The Hall–Kier alpha value is -2.32. The molecule has 0 aliphatic carbocycles. The molecular formula is C17H22N4O3S. The number of carbonyl (C=O) groups is 1. The van der Waals surface area contributed by atoms with Gasteiger partial charge in [0.15, 0.2) is 0 Å². The number of carbonyl (C=O) groups excluding carboxylic acids is 1. The second kappa shape index (κ2) is 8.17. The first kappa shape index (κ1) is 19.0. The van der Waals surface area contributed by atoms with Crippen LogP contribution in [0.3, 0.4) is 0 Å². The van der Waals surface area contributed by atoms with Crippen molar-refractivity contribution in [1.29, 1.82) is 0 Å². The summed E-state index contributed by atoms with van der Waals surface area (Å²) in [5.41, 5.74) is 2.56. The molecule has 8 heteroatoms. The molecule has 0 bridgehead atoms. The number of hydrogen-bond acceptors (Lipinski definition) is 5. The van der Waals surface area contributed by atoms with Crippen LogP contribution in [0.1, 0.15) is 41.2 Å². The van der Waals surface area contributed by atoms with Crippen molar-refractivity contribution in [3.63, 3.8) is 0 Å². The minimum atomic E-state index is -3.35. The lowest BCUT2D eigenvalue weighted by molar-refractivity contribution is 0.0945. The van der Waals surface area contributed by atoms with Crippen LogP contribution in [0.15, 0.2) is 36.7 Å². The average Bonchev–Trinajstić information content (AvgIpc) is 2.53. The molecule has 7 nitrogen and oxygen atoms in total. The van der Waals surface area contributed by atoms with Crippen LogP contribution in [0.2, 0.25) is 0 Å². The number of nitrogens with zero attached hydrogens (tertiary/aromatic N) is 2. The van der Waals surface area contributed by atoms with Crippen LogP contribution >= 0.6 is 0 Å². The maximum Gasteiger partial charge on any atom is 0.271 e. The molecule has 2 rings (SSSR count). The predicted molar refractivity (Wildman–Crippen MR) is 95.3 cm³/mol. The van der Waals surface area contributed by atoms with Crippen molar-refractivity contribution in [1.82, 2.24) is 20.0 Å². The number of sulfonamides is 1. The lowest BCUT2D eigenvalue weighted by Crippen LogP contribution is -2.31. The Bertz CT molecular complexity index is 816. The van der Waals surface area contributed by atoms with E-state index >= 15 is 0 Å². The van der Waals surface area contributed by atoms with Crippen LogP contribution in [0.5, 0.6) is 0 Å². The van der Waals surface area contributed by atoms with Gasteiger partial charge in [-0.25, -0.2) is 18.1 Å². The summed E-state index contributed by atoms with van der Waals surface area (Å²) in [4.78, 5) is 20.0. The summed E-state index contributed by atoms with van der Waals surface area (Å²) in [6.45, 7) is 5.68. The smallest absolute Gasteiger partial charge is 0.271 e. The maximum absolute atomic E-state index is 12.0. The van der Waals surface area contributed by atoms with Gasteiger partial charge in [0.1, 0.15) is 5.69 Å². The molecule has 2 aromatic rings. The molecular weight excluding hydrogens is 340 g/mol. The van der Waals surface area contributed by atoms with Crippen molar-refractivity contribution < 1.29 is 13.2 Å². The maximum atomic E-state index is 12.0. The fourth-order valence-corrected chi connectivity index (χ4v) is 3.59. The van der Waals surface area contributed by atoms with E-state index in [0.717, 1.165) is 11.3 Å². The van der Waals surface area contributed by atoms with Gasteiger partial charge in [-0.1, -0.05) is 24.3 Å². The molecule has 0 atom stereocenters.